The number of hydrogen-bond acceptors (Lipinski definition) is 4. The van der Waals surface area contributed by atoms with E-state index in [4.69, 9.17) is 4.74 Å². The Labute approximate surface area is 117 Å². The highest BCUT2D eigenvalue weighted by molar-refractivity contribution is 5.11. The molecule has 1 heterocycles. The van der Waals surface area contributed by atoms with Crippen LogP contribution in [0, 0.1) is 0 Å². The van der Waals surface area contributed by atoms with Crippen LogP contribution in [-0.4, -0.2) is 42.7 Å². The van der Waals surface area contributed by atoms with Gasteiger partial charge in [-0.3, -0.25) is 9.88 Å². The molecule has 0 aliphatic rings. The average molecular weight is 265 g/mol. The van der Waals surface area contributed by atoms with Crippen molar-refractivity contribution >= 4 is 0 Å². The molecule has 0 aromatic carbocycles. The molecule has 0 saturated heterocycles. The highest BCUT2D eigenvalue weighted by Crippen LogP contribution is 2.03. The zero-order chi connectivity index (χ0) is 14.1. The van der Waals surface area contributed by atoms with Gasteiger partial charge in [-0.1, -0.05) is 19.9 Å². The van der Waals surface area contributed by atoms with E-state index >= 15 is 0 Å². The van der Waals surface area contributed by atoms with Crippen LogP contribution in [0.25, 0.3) is 0 Å². The minimum absolute atomic E-state index is 0.485. The minimum atomic E-state index is 0.485. The lowest BCUT2D eigenvalue weighted by Crippen LogP contribution is -2.24. The monoisotopic (exact) mass is 265 g/mol. The molecule has 0 saturated carbocycles. The molecule has 0 aliphatic heterocycles. The van der Waals surface area contributed by atoms with Gasteiger partial charge in [0.1, 0.15) is 0 Å². The van der Waals surface area contributed by atoms with E-state index in [1.54, 1.807) is 0 Å². The smallest absolute Gasteiger partial charge is 0.0593 e. The van der Waals surface area contributed by atoms with E-state index in [1.165, 1.54) is 0 Å². The van der Waals surface area contributed by atoms with Gasteiger partial charge in [0, 0.05) is 32.3 Å². The van der Waals surface area contributed by atoms with Crippen LogP contribution in [0.5, 0.6) is 0 Å². The van der Waals surface area contributed by atoms with E-state index in [0.717, 1.165) is 44.2 Å². The summed E-state index contributed by atoms with van der Waals surface area (Å²) in [5, 5.41) is 3.39. The highest BCUT2D eigenvalue weighted by atomic mass is 16.5. The number of nitrogens with one attached hydrogen (secondary N) is 1. The Hall–Kier alpha value is -0.970. The fraction of sp³-hybridized carbons (Fsp3) is 0.667. The van der Waals surface area contributed by atoms with Crippen molar-refractivity contribution in [1.82, 2.24) is 15.2 Å². The van der Waals surface area contributed by atoms with Crippen molar-refractivity contribution in [3.8, 4) is 0 Å². The van der Waals surface area contributed by atoms with Gasteiger partial charge >= 0.3 is 0 Å². The van der Waals surface area contributed by atoms with Gasteiger partial charge in [0.2, 0.25) is 0 Å². The zero-order valence-electron chi connectivity index (χ0n) is 12.6. The van der Waals surface area contributed by atoms with Gasteiger partial charge in [-0.15, -0.1) is 0 Å². The van der Waals surface area contributed by atoms with Crippen LogP contribution in [0.4, 0.5) is 0 Å². The van der Waals surface area contributed by atoms with Crippen molar-refractivity contribution < 1.29 is 4.74 Å². The van der Waals surface area contributed by atoms with Crippen LogP contribution in [0.2, 0.25) is 0 Å². The molecule has 1 N–H and O–H groups in total. The van der Waals surface area contributed by atoms with Crippen molar-refractivity contribution in [2.45, 2.75) is 39.9 Å². The first-order valence-electron chi connectivity index (χ1n) is 7.06. The van der Waals surface area contributed by atoms with Gasteiger partial charge < -0.3 is 10.1 Å². The zero-order valence-corrected chi connectivity index (χ0v) is 12.6. The van der Waals surface area contributed by atoms with E-state index in [0.29, 0.717) is 6.04 Å². The topological polar surface area (TPSA) is 37.4 Å². The summed E-state index contributed by atoms with van der Waals surface area (Å²) < 4.78 is 5.36. The Kier molecular flexibility index (Phi) is 7.63. The second-order valence-electron chi connectivity index (χ2n) is 5.09. The summed E-state index contributed by atoms with van der Waals surface area (Å²) in [6.07, 6.45) is 0. The minimum Gasteiger partial charge on any atom is -0.380 e. The molecule has 0 unspecified atom stereocenters. The lowest BCUT2D eigenvalue weighted by Gasteiger charge is -2.16. The summed E-state index contributed by atoms with van der Waals surface area (Å²) in [6, 6.07) is 6.71. The Morgan fingerprint density at radius 1 is 1.32 bits per heavy atom. The predicted octanol–water partition coefficient (Wildman–Crippen LogP) is 2.05. The average Bonchev–Trinajstić information content (AvgIpc) is 2.37. The fourth-order valence-corrected chi connectivity index (χ4v) is 1.74. The van der Waals surface area contributed by atoms with E-state index in [9.17, 15) is 0 Å². The van der Waals surface area contributed by atoms with Crippen LogP contribution in [0.3, 0.4) is 0 Å². The maximum Gasteiger partial charge on any atom is 0.0593 e. The number of ether oxygens (including phenoxy) is 1. The first-order chi connectivity index (χ1) is 9.11. The lowest BCUT2D eigenvalue weighted by molar-refractivity contribution is 0.120. The second-order valence-corrected chi connectivity index (χ2v) is 5.09. The van der Waals surface area contributed by atoms with Crippen molar-refractivity contribution in [3.63, 3.8) is 0 Å². The Morgan fingerprint density at radius 2 is 2.05 bits per heavy atom. The molecular weight excluding hydrogens is 238 g/mol. The van der Waals surface area contributed by atoms with Gasteiger partial charge in [0.25, 0.3) is 0 Å². The SMILES string of the molecule is CCOCCN(C)Cc1cccc(CNC(C)C)n1. The summed E-state index contributed by atoms with van der Waals surface area (Å²) in [7, 11) is 2.10. The molecule has 0 amide bonds. The molecule has 0 spiro atoms. The molecule has 0 radical (unpaired) electrons. The van der Waals surface area contributed by atoms with E-state index in [-0.39, 0.29) is 0 Å². The molecule has 4 nitrogen and oxygen atoms in total. The number of rotatable bonds is 9. The summed E-state index contributed by atoms with van der Waals surface area (Å²) in [4.78, 5) is 6.90. The number of pyridine rings is 1. The molecular formula is C15H27N3O. The largest absolute Gasteiger partial charge is 0.380 e. The van der Waals surface area contributed by atoms with E-state index in [1.807, 2.05) is 6.92 Å². The van der Waals surface area contributed by atoms with Crippen LogP contribution < -0.4 is 5.32 Å². The van der Waals surface area contributed by atoms with E-state index < -0.39 is 0 Å². The van der Waals surface area contributed by atoms with Crippen LogP contribution in [0.15, 0.2) is 18.2 Å². The van der Waals surface area contributed by atoms with Crippen LogP contribution >= 0.6 is 0 Å². The molecule has 1 aromatic rings. The quantitative estimate of drug-likeness (QED) is 0.693. The third-order valence-electron chi connectivity index (χ3n) is 2.81. The molecule has 0 bridgehead atoms. The Balaban J connectivity index is 2.42. The molecule has 1 aromatic heterocycles. The van der Waals surface area contributed by atoms with Crippen molar-refractivity contribution in [3.05, 3.63) is 29.6 Å². The molecule has 1 rings (SSSR count). The number of nitrogens with zero attached hydrogens (tertiary/aromatic N) is 2. The summed E-state index contributed by atoms with van der Waals surface area (Å²) in [5.74, 6) is 0. The van der Waals surface area contributed by atoms with Crippen LogP contribution in [-0.2, 0) is 17.8 Å². The van der Waals surface area contributed by atoms with Gasteiger partial charge in [0.05, 0.1) is 18.0 Å². The normalized spacial score (nSPS) is 11.5. The standard InChI is InChI=1S/C15H27N3O/c1-5-19-10-9-18(4)12-15-8-6-7-14(17-15)11-16-13(2)3/h6-8,13,16H,5,9-12H2,1-4H3. The Bertz CT molecular complexity index is 355. The maximum absolute atomic E-state index is 5.36. The van der Waals surface area contributed by atoms with Gasteiger partial charge in [-0.05, 0) is 26.1 Å². The number of aromatic nitrogens is 1. The Morgan fingerprint density at radius 3 is 2.74 bits per heavy atom. The predicted molar refractivity (Wildman–Crippen MR) is 79.0 cm³/mol. The van der Waals surface area contributed by atoms with Gasteiger partial charge in [-0.25, -0.2) is 0 Å². The first kappa shape index (κ1) is 16.1. The first-order valence-corrected chi connectivity index (χ1v) is 7.06. The third kappa shape index (κ3) is 7.25. The van der Waals surface area contributed by atoms with Crippen molar-refractivity contribution in [2.24, 2.45) is 0 Å². The fourth-order valence-electron chi connectivity index (χ4n) is 1.74. The lowest BCUT2D eigenvalue weighted by atomic mass is 10.2. The summed E-state index contributed by atoms with van der Waals surface area (Å²) >= 11 is 0. The summed E-state index contributed by atoms with van der Waals surface area (Å²) in [6.45, 7) is 10.5. The molecule has 0 aliphatic carbocycles. The third-order valence-corrected chi connectivity index (χ3v) is 2.81. The van der Waals surface area contributed by atoms with E-state index in [2.05, 4.69) is 54.3 Å². The number of hydrogen-bond donors (Lipinski definition) is 1. The second kappa shape index (κ2) is 9.02. The van der Waals surface area contributed by atoms with Crippen molar-refractivity contribution in [1.29, 1.82) is 0 Å². The highest BCUT2D eigenvalue weighted by Gasteiger charge is 2.03. The molecule has 4 heteroatoms. The molecule has 0 fully saturated rings. The number of likely N-dealkylation sites (N-methyl/N-ethyl adjacent to an activating group) is 1. The maximum atomic E-state index is 5.36. The molecule has 0 atom stereocenters. The van der Waals surface area contributed by atoms with Gasteiger partial charge in [0.15, 0.2) is 0 Å². The van der Waals surface area contributed by atoms with Gasteiger partial charge in [-0.2, -0.15) is 0 Å². The summed E-state index contributed by atoms with van der Waals surface area (Å²) in [5.41, 5.74) is 2.21. The molecule has 108 valence electrons. The van der Waals surface area contributed by atoms with Crippen molar-refractivity contribution in [2.75, 3.05) is 26.8 Å². The van der Waals surface area contributed by atoms with Crippen LogP contribution in [0.1, 0.15) is 32.2 Å². The molecule has 19 heavy (non-hydrogen) atoms.